The van der Waals surface area contributed by atoms with Gasteiger partial charge in [-0.25, -0.2) is 0 Å². The molecule has 1 N–H and O–H groups in total. The maximum absolute atomic E-state index is 7.53. The third-order valence-corrected chi connectivity index (χ3v) is 0.0745. The van der Waals surface area contributed by atoms with Crippen LogP contribution >= 0.6 is 0 Å². The second kappa shape index (κ2) is 12.7. The Hall–Kier alpha value is -1.08. The summed E-state index contributed by atoms with van der Waals surface area (Å²) in [7, 11) is 4.28. The second-order valence-corrected chi connectivity index (χ2v) is 0.296. The molecule has 0 saturated carbocycles. The summed E-state index contributed by atoms with van der Waals surface area (Å²) in [4.78, 5) is 0. The Morgan fingerprint density at radius 3 is 2.00 bits per heavy atom. The zero-order valence-corrected chi connectivity index (χ0v) is 9.25. The molecule has 0 rings (SSSR count). The number of ether oxygens (including phenoxy) is 1. The van der Waals surface area contributed by atoms with E-state index in [1.807, 2.05) is 0 Å². The third-order valence-electron chi connectivity index (χ3n) is 0.0745. The van der Waals surface area contributed by atoms with Crippen LogP contribution in [0.3, 0.4) is 0 Å². The molecule has 0 fully saturated rings. The van der Waals surface area contributed by atoms with Gasteiger partial charge in [-0.3, -0.25) is 0 Å². The molecule has 26 valence electrons. The minimum atomic E-state index is -0.403. The van der Waals surface area contributed by atoms with Gasteiger partial charge in [-0.15, -0.1) is 0 Å². The van der Waals surface area contributed by atoms with Crippen LogP contribution in [0, 0.1) is 7.11 Å². The van der Waals surface area contributed by atoms with E-state index in [0.29, 0.717) is 0 Å². The zero-order valence-electron chi connectivity index (χ0n) is 2.85. The van der Waals surface area contributed by atoms with Crippen molar-refractivity contribution in [1.82, 2.24) is 0 Å². The molecule has 0 aliphatic carbocycles. The monoisotopic (exact) mass is 327 g/mol. The van der Waals surface area contributed by atoms with E-state index in [4.69, 9.17) is 5.11 Å². The van der Waals surface area contributed by atoms with Gasteiger partial charge >= 0.3 is 0 Å². The number of hydrogen-bond donors (Lipinski definition) is 1. The minimum absolute atomic E-state index is 0. The van der Waals surface area contributed by atoms with E-state index in [1.165, 1.54) is 0 Å². The Bertz CT molecular complexity index is 9.61. The number of aliphatic hydroxyl groups is 1. The first-order chi connectivity index (χ1) is 1.91. The first-order valence-electron chi connectivity index (χ1n) is 0.841. The van der Waals surface area contributed by atoms with Crippen LogP contribution in [-0.2, 0) is 4.74 Å². The molecule has 5 heavy (non-hydrogen) atoms. The molecule has 3 heteroatoms. The largest absolute Gasteiger partial charge is 0.371 e. The average Bonchev–Trinajstić information content (AvgIpc) is 1.37. The first kappa shape index (κ1) is 9.07. The van der Waals surface area contributed by atoms with Crippen molar-refractivity contribution < 1.29 is 9.84 Å². The maximum atomic E-state index is 7.53. The van der Waals surface area contributed by atoms with Crippen LogP contribution in [0.2, 0.25) is 0 Å². The topological polar surface area (TPSA) is 29.5 Å². The van der Waals surface area contributed by atoms with Gasteiger partial charge in [0.05, 0.1) is 0 Å². The summed E-state index contributed by atoms with van der Waals surface area (Å²) in [5, 5.41) is 7.53. The Labute approximate surface area is 25.0 Å². The van der Waals surface area contributed by atoms with E-state index in [9.17, 15) is 0 Å². The molecule has 0 aliphatic heterocycles. The van der Waals surface area contributed by atoms with E-state index < -0.39 is 6.79 Å². The van der Waals surface area contributed by atoms with Gasteiger partial charge in [-0.05, 0) is 0 Å². The van der Waals surface area contributed by atoms with Crippen molar-refractivity contribution in [3.63, 3.8) is 0 Å². The molecule has 0 atom stereocenters. The van der Waals surface area contributed by atoms with Crippen molar-refractivity contribution in [2.24, 2.45) is 0 Å². The molecule has 0 aliphatic rings. The normalized spacial score (nSPS) is 6.00. The van der Waals surface area contributed by atoms with Crippen molar-refractivity contribution in [1.29, 1.82) is 0 Å². The number of rotatable bonds is 1. The second-order valence-electron chi connectivity index (χ2n) is 0.296. The Morgan fingerprint density at radius 1 is 1.80 bits per heavy atom. The maximum Gasteiger partial charge on any atom is 0.144 e. The predicted molar refractivity (Wildman–Crippen MR) is 12.5 cm³/mol. The van der Waals surface area contributed by atoms with E-state index in [0.717, 1.165) is 0 Å². The average molecular weight is 327 g/mol. The molecule has 0 unspecified atom stereocenters. The van der Waals surface area contributed by atoms with Gasteiger partial charge in [0.15, 0.2) is 0 Å². The number of hydrogen-bond acceptors (Lipinski definition) is 2. The molecule has 0 aromatic heterocycles. The van der Waals surface area contributed by atoms with Crippen molar-refractivity contribution in [3.05, 3.63) is 7.11 Å². The van der Waals surface area contributed by atoms with E-state index in [-0.39, 0.29) is 0 Å². The SMILES string of the molecule is [CH]OCO.[Rf]. The van der Waals surface area contributed by atoms with E-state index in [1.54, 1.807) is 0 Å². The predicted octanol–water partition coefficient (Wildman–Crippen LogP) is -0.379. The molecular weight excluding hydrogens is 323 g/mol. The summed E-state index contributed by atoms with van der Waals surface area (Å²) in [6, 6.07) is 0. The molecular formula is C2H4O2Rf. The Balaban J connectivity index is 0. The summed E-state index contributed by atoms with van der Waals surface area (Å²) in [6.45, 7) is -0.403. The summed E-state index contributed by atoms with van der Waals surface area (Å²) >= 11 is 0. The summed E-state index contributed by atoms with van der Waals surface area (Å²) in [6.07, 6.45) is 0. The fourth-order valence-corrected chi connectivity index (χ4v) is 0. The molecule has 0 saturated heterocycles. The quantitative estimate of drug-likeness (QED) is 0.666. The van der Waals surface area contributed by atoms with Gasteiger partial charge in [0, 0.05) is 0 Å². The van der Waals surface area contributed by atoms with Gasteiger partial charge in [0.1, 0.15) is 13.9 Å². The fraction of sp³-hybridized carbons (Fsp3) is 0.500. The summed E-state index contributed by atoms with van der Waals surface area (Å²) in [5.41, 5.74) is 0. The van der Waals surface area contributed by atoms with Crippen molar-refractivity contribution in [2.75, 3.05) is 6.79 Å². The number of aliphatic hydroxyl groups excluding tert-OH is 1. The smallest absolute Gasteiger partial charge is 0.144 e. The van der Waals surface area contributed by atoms with Crippen LogP contribution in [-0.4, -0.2) is 11.9 Å². The summed E-state index contributed by atoms with van der Waals surface area (Å²) in [5.74, 6) is 0. The van der Waals surface area contributed by atoms with Crippen molar-refractivity contribution in [3.8, 4) is 0 Å². The van der Waals surface area contributed by atoms with Crippen LogP contribution in [0.15, 0.2) is 0 Å². The Kier molecular flexibility index (Phi) is 23.1. The van der Waals surface area contributed by atoms with Gasteiger partial charge in [0.25, 0.3) is 0 Å². The summed E-state index contributed by atoms with van der Waals surface area (Å²) < 4.78 is 3.60. The van der Waals surface area contributed by atoms with Gasteiger partial charge in [-0.2, -0.15) is 0 Å². The zero-order chi connectivity index (χ0) is 3.41. The minimum Gasteiger partial charge on any atom is -0.371 e. The molecule has 2 nitrogen and oxygen atoms in total. The van der Waals surface area contributed by atoms with E-state index in [2.05, 4.69) is 11.8 Å². The first-order valence-corrected chi connectivity index (χ1v) is 0.841. The van der Waals surface area contributed by atoms with Crippen LogP contribution in [0.25, 0.3) is 0 Å². The third kappa shape index (κ3) is 386. The molecule has 0 heterocycles. The van der Waals surface area contributed by atoms with Crippen molar-refractivity contribution in [2.45, 2.75) is 0 Å². The van der Waals surface area contributed by atoms with Crippen LogP contribution < -0.4 is 0 Å². The fourth-order valence-electron chi connectivity index (χ4n) is 0. The van der Waals surface area contributed by atoms with Crippen LogP contribution in [0.4, 0.5) is 0 Å². The Morgan fingerprint density at radius 2 is 2.00 bits per heavy atom. The molecule has 0 bridgehead atoms. The molecule has 0 aromatic rings. The molecule has 0 aromatic carbocycles. The van der Waals surface area contributed by atoms with Gasteiger partial charge < -0.3 is 9.84 Å². The standard InChI is InChI=1S/C2H4O2.Rf/c1-4-2-3;/h1,3H,2H2;. The molecule has 0 spiro atoms. The van der Waals surface area contributed by atoms with Crippen molar-refractivity contribution >= 4 is 0 Å². The van der Waals surface area contributed by atoms with E-state index >= 15 is 0 Å². The van der Waals surface area contributed by atoms with Crippen LogP contribution in [0.1, 0.15) is 0 Å². The molecule has 2 radical (unpaired) electrons. The van der Waals surface area contributed by atoms with Crippen LogP contribution in [0.5, 0.6) is 0 Å². The van der Waals surface area contributed by atoms with Gasteiger partial charge in [-0.1, -0.05) is 0 Å². The van der Waals surface area contributed by atoms with Gasteiger partial charge in [0.2, 0.25) is 0 Å². The molecule has 0 amide bonds.